The number of carbonyl (C=O) groups is 2. The molecule has 0 radical (unpaired) electrons. The van der Waals surface area contributed by atoms with Crippen molar-refractivity contribution < 1.29 is 22.8 Å². The molecule has 2 heterocycles. The zero-order chi connectivity index (χ0) is 16.7. The van der Waals surface area contributed by atoms with Crippen molar-refractivity contribution in [3.05, 3.63) is 29.6 Å². The van der Waals surface area contributed by atoms with Crippen LogP contribution in [0.5, 0.6) is 0 Å². The second-order valence-corrected chi connectivity index (χ2v) is 6.04. The van der Waals surface area contributed by atoms with E-state index in [-0.39, 0.29) is 42.5 Å². The fourth-order valence-corrected chi connectivity index (χ4v) is 3.00. The van der Waals surface area contributed by atoms with Crippen molar-refractivity contribution >= 4 is 11.8 Å². The molecule has 1 aromatic heterocycles. The Balaban J connectivity index is 1.72. The minimum atomic E-state index is -4.34. The Kier molecular flexibility index (Phi) is 3.77. The van der Waals surface area contributed by atoms with Crippen LogP contribution in [0.25, 0.3) is 0 Å². The molecule has 2 N–H and O–H groups in total. The summed E-state index contributed by atoms with van der Waals surface area (Å²) in [5.74, 6) is -0.582. The second-order valence-electron chi connectivity index (χ2n) is 6.04. The van der Waals surface area contributed by atoms with Crippen molar-refractivity contribution in [2.75, 3.05) is 6.54 Å². The van der Waals surface area contributed by atoms with Crippen molar-refractivity contribution in [3.8, 4) is 0 Å². The van der Waals surface area contributed by atoms with Crippen molar-refractivity contribution in [1.82, 2.24) is 15.6 Å². The highest BCUT2D eigenvalue weighted by Gasteiger charge is 2.60. The topological polar surface area (TPSA) is 71.1 Å². The lowest BCUT2D eigenvalue weighted by atomic mass is 9.66. The summed E-state index contributed by atoms with van der Waals surface area (Å²) in [5.41, 5.74) is -1.72. The maximum atomic E-state index is 13.2. The van der Waals surface area contributed by atoms with Crippen molar-refractivity contribution in [2.24, 2.45) is 0 Å². The number of alkyl halides is 3. The molecular formula is C15H16F3N3O2. The van der Waals surface area contributed by atoms with E-state index in [1.165, 1.54) is 18.3 Å². The van der Waals surface area contributed by atoms with Crippen LogP contribution < -0.4 is 10.6 Å². The quantitative estimate of drug-likeness (QED) is 0.887. The van der Waals surface area contributed by atoms with Gasteiger partial charge in [-0.25, -0.2) is 0 Å². The summed E-state index contributed by atoms with van der Waals surface area (Å²) in [7, 11) is 0. The summed E-state index contributed by atoms with van der Waals surface area (Å²) in [6.45, 7) is 0.354. The van der Waals surface area contributed by atoms with Gasteiger partial charge in [0.1, 0.15) is 5.41 Å². The van der Waals surface area contributed by atoms with Crippen LogP contribution in [0.3, 0.4) is 0 Å². The molecule has 3 rings (SSSR count). The molecule has 23 heavy (non-hydrogen) atoms. The Morgan fingerprint density at radius 1 is 1.35 bits per heavy atom. The van der Waals surface area contributed by atoms with Gasteiger partial charge >= 0.3 is 6.18 Å². The summed E-state index contributed by atoms with van der Waals surface area (Å²) in [5, 5.41) is 5.25. The highest BCUT2D eigenvalue weighted by Crippen LogP contribution is 2.53. The third kappa shape index (κ3) is 2.77. The van der Waals surface area contributed by atoms with E-state index in [0.717, 1.165) is 0 Å². The Morgan fingerprint density at radius 3 is 2.52 bits per heavy atom. The Labute approximate surface area is 130 Å². The highest BCUT2D eigenvalue weighted by molar-refractivity contribution is 5.94. The summed E-state index contributed by atoms with van der Waals surface area (Å²) < 4.78 is 39.7. The lowest BCUT2D eigenvalue weighted by Gasteiger charge is -2.42. The minimum Gasteiger partial charge on any atom is -0.354 e. The van der Waals surface area contributed by atoms with Crippen molar-refractivity contribution in [3.63, 3.8) is 0 Å². The standard InChI is InChI=1S/C15H16F3N3O2/c16-15(17,18)14(4-1-5-14)11-3-2-9(7-19-11)13(23)21-10-6-12(22)20-8-10/h2-3,7,10H,1,4-6,8H2,(H,20,22)(H,21,23). The summed E-state index contributed by atoms with van der Waals surface area (Å²) in [6.07, 6.45) is -2.38. The molecule has 1 aliphatic carbocycles. The van der Waals surface area contributed by atoms with Gasteiger partial charge in [0.05, 0.1) is 17.3 Å². The van der Waals surface area contributed by atoms with Gasteiger partial charge in [0.25, 0.3) is 5.91 Å². The summed E-state index contributed by atoms with van der Waals surface area (Å²) in [4.78, 5) is 27.0. The number of nitrogens with one attached hydrogen (secondary N) is 2. The van der Waals surface area contributed by atoms with E-state index in [2.05, 4.69) is 15.6 Å². The predicted octanol–water partition coefficient (Wildman–Crippen LogP) is 1.68. The van der Waals surface area contributed by atoms with Crippen LogP contribution in [0.1, 0.15) is 41.7 Å². The van der Waals surface area contributed by atoms with Crippen LogP contribution in [-0.4, -0.2) is 35.6 Å². The van der Waals surface area contributed by atoms with Gasteiger partial charge in [-0.3, -0.25) is 14.6 Å². The van der Waals surface area contributed by atoms with E-state index in [1.807, 2.05) is 0 Å². The first-order chi connectivity index (χ1) is 10.8. The average Bonchev–Trinajstić information content (AvgIpc) is 2.82. The van der Waals surface area contributed by atoms with E-state index in [0.29, 0.717) is 13.0 Å². The van der Waals surface area contributed by atoms with Crippen LogP contribution in [-0.2, 0) is 10.2 Å². The largest absolute Gasteiger partial charge is 0.399 e. The molecule has 0 aromatic carbocycles. The lowest BCUT2D eigenvalue weighted by Crippen LogP contribution is -2.48. The number of carbonyl (C=O) groups excluding carboxylic acids is 2. The SMILES string of the molecule is O=C1CC(NC(=O)c2ccc(C3(C(F)(F)F)CCC3)nc2)CN1. The molecule has 1 aromatic rings. The summed E-state index contributed by atoms with van der Waals surface area (Å²) in [6, 6.07) is 2.33. The van der Waals surface area contributed by atoms with Gasteiger partial charge in [0.15, 0.2) is 0 Å². The molecule has 124 valence electrons. The zero-order valence-electron chi connectivity index (χ0n) is 12.2. The first-order valence-electron chi connectivity index (χ1n) is 7.43. The third-order valence-electron chi connectivity index (χ3n) is 4.58. The predicted molar refractivity (Wildman–Crippen MR) is 74.7 cm³/mol. The van der Waals surface area contributed by atoms with Gasteiger partial charge in [0.2, 0.25) is 5.91 Å². The molecule has 0 bridgehead atoms. The molecule has 1 aliphatic heterocycles. The number of hydrogen-bond acceptors (Lipinski definition) is 3. The van der Waals surface area contributed by atoms with E-state index >= 15 is 0 Å². The number of amides is 2. The number of hydrogen-bond donors (Lipinski definition) is 2. The van der Waals surface area contributed by atoms with E-state index in [4.69, 9.17) is 0 Å². The number of nitrogens with zero attached hydrogens (tertiary/aromatic N) is 1. The first-order valence-corrected chi connectivity index (χ1v) is 7.43. The van der Waals surface area contributed by atoms with Crippen LogP contribution in [0.15, 0.2) is 18.3 Å². The number of rotatable bonds is 3. The van der Waals surface area contributed by atoms with Gasteiger partial charge in [-0.2, -0.15) is 13.2 Å². The molecule has 2 aliphatic rings. The smallest absolute Gasteiger partial charge is 0.354 e. The molecule has 1 saturated carbocycles. The molecule has 1 unspecified atom stereocenters. The first kappa shape index (κ1) is 15.8. The van der Waals surface area contributed by atoms with E-state index < -0.39 is 17.5 Å². The Morgan fingerprint density at radius 2 is 2.09 bits per heavy atom. The van der Waals surface area contributed by atoms with Gasteiger partial charge in [-0.1, -0.05) is 6.42 Å². The molecule has 5 nitrogen and oxygen atoms in total. The fourth-order valence-electron chi connectivity index (χ4n) is 3.00. The van der Waals surface area contributed by atoms with Crippen LogP contribution in [0, 0.1) is 0 Å². The molecule has 1 saturated heterocycles. The van der Waals surface area contributed by atoms with Crippen LogP contribution in [0.2, 0.25) is 0 Å². The van der Waals surface area contributed by atoms with E-state index in [9.17, 15) is 22.8 Å². The molecule has 1 atom stereocenters. The molecule has 2 fully saturated rings. The normalized spacial score (nSPS) is 23.1. The fraction of sp³-hybridized carbons (Fsp3) is 0.533. The number of pyridine rings is 1. The monoisotopic (exact) mass is 327 g/mol. The minimum absolute atomic E-state index is 0.0326. The zero-order valence-corrected chi connectivity index (χ0v) is 12.2. The average molecular weight is 327 g/mol. The Hall–Kier alpha value is -2.12. The van der Waals surface area contributed by atoms with Gasteiger partial charge < -0.3 is 10.6 Å². The lowest BCUT2D eigenvalue weighted by molar-refractivity contribution is -0.214. The molecule has 2 amide bonds. The number of aromatic nitrogens is 1. The van der Waals surface area contributed by atoms with Crippen molar-refractivity contribution in [1.29, 1.82) is 0 Å². The molecular weight excluding hydrogens is 311 g/mol. The van der Waals surface area contributed by atoms with Gasteiger partial charge in [-0.15, -0.1) is 0 Å². The second kappa shape index (κ2) is 5.50. The van der Waals surface area contributed by atoms with Crippen LogP contribution in [0.4, 0.5) is 13.2 Å². The number of halogens is 3. The van der Waals surface area contributed by atoms with Gasteiger partial charge in [-0.05, 0) is 25.0 Å². The maximum Gasteiger partial charge on any atom is 0.399 e. The third-order valence-corrected chi connectivity index (χ3v) is 4.58. The summed E-state index contributed by atoms with van der Waals surface area (Å²) >= 11 is 0. The highest BCUT2D eigenvalue weighted by atomic mass is 19.4. The van der Waals surface area contributed by atoms with Gasteiger partial charge in [0, 0.05) is 19.2 Å². The van der Waals surface area contributed by atoms with Crippen LogP contribution >= 0.6 is 0 Å². The Bertz CT molecular complexity index is 624. The van der Waals surface area contributed by atoms with Crippen molar-refractivity contribution in [2.45, 2.75) is 43.3 Å². The molecule has 0 spiro atoms. The van der Waals surface area contributed by atoms with E-state index in [1.54, 1.807) is 0 Å². The molecule has 8 heteroatoms. The maximum absolute atomic E-state index is 13.2.